The van der Waals surface area contributed by atoms with E-state index >= 15 is 0 Å². The van der Waals surface area contributed by atoms with Gasteiger partial charge in [-0.3, -0.25) is 0 Å². The second-order valence-electron chi connectivity index (χ2n) is 18.1. The first-order valence-corrected chi connectivity index (χ1v) is 22.4. The first-order chi connectivity index (χ1) is 31.5. The molecule has 0 saturated heterocycles. The van der Waals surface area contributed by atoms with Gasteiger partial charge in [-0.1, -0.05) is 178 Å². The Bertz CT molecular complexity index is 3810. The van der Waals surface area contributed by atoms with E-state index in [2.05, 4.69) is 243 Å². The Labute approximate surface area is 373 Å². The van der Waals surface area contributed by atoms with E-state index in [0.717, 1.165) is 5.69 Å². The maximum Gasteiger partial charge on any atom is 0.0547 e. The van der Waals surface area contributed by atoms with Crippen LogP contribution in [0.25, 0.3) is 115 Å². The van der Waals surface area contributed by atoms with E-state index in [0.29, 0.717) is 0 Å². The van der Waals surface area contributed by atoms with Crippen molar-refractivity contribution in [3.8, 4) is 61.3 Å². The van der Waals surface area contributed by atoms with Gasteiger partial charge in [-0.25, -0.2) is 0 Å². The van der Waals surface area contributed by atoms with Gasteiger partial charge in [0.2, 0.25) is 0 Å². The van der Waals surface area contributed by atoms with Crippen LogP contribution in [0.5, 0.6) is 0 Å². The van der Waals surface area contributed by atoms with Crippen molar-refractivity contribution >= 4 is 54.1 Å². The Morgan fingerprint density at radius 2 is 0.734 bits per heavy atom. The number of benzene rings is 11. The van der Waals surface area contributed by atoms with Crippen molar-refractivity contribution in [3.63, 3.8) is 0 Å². The SMILES string of the molecule is CC1(C)c2ccccc2-c2ccc(-c3cc(-c4ccc5c6ccccc6c6ccccc6c5c4)cc(-c4ccc5c6cc(-c7ccccc7)ccc6n(-c6ccccc6)c5c4)c3)cc21. The van der Waals surface area contributed by atoms with Crippen LogP contribution in [0, 0.1) is 0 Å². The molecule has 0 bridgehead atoms. The fraction of sp³-hybridized carbons (Fsp3) is 0.0476. The molecule has 1 heterocycles. The summed E-state index contributed by atoms with van der Waals surface area (Å²) in [6, 6.07) is 83.6. The van der Waals surface area contributed by atoms with E-state index in [-0.39, 0.29) is 5.41 Å². The summed E-state index contributed by atoms with van der Waals surface area (Å²) in [5.74, 6) is 0. The lowest BCUT2D eigenvalue weighted by molar-refractivity contribution is 0.660. The lowest BCUT2D eigenvalue weighted by Gasteiger charge is -2.22. The van der Waals surface area contributed by atoms with E-state index in [4.69, 9.17) is 0 Å². The van der Waals surface area contributed by atoms with Gasteiger partial charge in [0.15, 0.2) is 0 Å². The van der Waals surface area contributed by atoms with Crippen LogP contribution in [0.2, 0.25) is 0 Å². The summed E-state index contributed by atoms with van der Waals surface area (Å²) < 4.78 is 2.44. The molecule has 1 aliphatic carbocycles. The molecule has 0 atom stereocenters. The fourth-order valence-corrected chi connectivity index (χ4v) is 11.0. The third kappa shape index (κ3) is 5.57. The number of para-hydroxylation sites is 1. The number of aromatic nitrogens is 1. The lowest BCUT2D eigenvalue weighted by atomic mass is 9.81. The molecule has 12 aromatic rings. The minimum atomic E-state index is -0.0964. The third-order valence-electron chi connectivity index (χ3n) is 14.1. The van der Waals surface area contributed by atoms with Crippen LogP contribution in [0.15, 0.2) is 224 Å². The van der Waals surface area contributed by atoms with Gasteiger partial charge in [0.05, 0.1) is 11.0 Å². The molecule has 0 radical (unpaired) electrons. The molecule has 1 aliphatic rings. The molecule has 0 saturated carbocycles. The molecule has 0 amide bonds. The largest absolute Gasteiger partial charge is 0.309 e. The van der Waals surface area contributed by atoms with Gasteiger partial charge in [0.25, 0.3) is 0 Å². The smallest absolute Gasteiger partial charge is 0.0547 e. The molecule has 0 N–H and O–H groups in total. The van der Waals surface area contributed by atoms with Gasteiger partial charge >= 0.3 is 0 Å². The van der Waals surface area contributed by atoms with Crippen LogP contribution in [-0.2, 0) is 5.41 Å². The van der Waals surface area contributed by atoms with E-state index in [1.54, 1.807) is 0 Å². The molecule has 13 rings (SSSR count). The van der Waals surface area contributed by atoms with Gasteiger partial charge in [-0.2, -0.15) is 0 Å². The summed E-state index contributed by atoms with van der Waals surface area (Å²) in [6.07, 6.45) is 0. The van der Waals surface area contributed by atoms with Gasteiger partial charge in [0, 0.05) is 21.9 Å². The van der Waals surface area contributed by atoms with Crippen LogP contribution in [0.4, 0.5) is 0 Å². The Morgan fingerprint density at radius 3 is 1.42 bits per heavy atom. The quantitative estimate of drug-likeness (QED) is 0.153. The van der Waals surface area contributed by atoms with E-state index in [1.807, 2.05) is 0 Å². The number of rotatable bonds is 5. The van der Waals surface area contributed by atoms with Crippen LogP contribution < -0.4 is 0 Å². The molecule has 11 aromatic carbocycles. The molecule has 0 unspecified atom stereocenters. The zero-order valence-corrected chi connectivity index (χ0v) is 35.8. The average Bonchev–Trinajstić information content (AvgIpc) is 3.81. The van der Waals surface area contributed by atoms with Crippen LogP contribution in [-0.4, -0.2) is 4.57 Å². The van der Waals surface area contributed by atoms with Crippen molar-refractivity contribution in [2.24, 2.45) is 0 Å². The molecule has 1 nitrogen and oxygen atoms in total. The van der Waals surface area contributed by atoms with Crippen molar-refractivity contribution in [3.05, 3.63) is 236 Å². The Kier molecular flexibility index (Phi) is 8.02. The molecule has 0 fully saturated rings. The number of fused-ring (bicyclic) bond motifs is 12. The molecule has 300 valence electrons. The minimum absolute atomic E-state index is 0.0964. The molecule has 64 heavy (non-hydrogen) atoms. The summed E-state index contributed by atoms with van der Waals surface area (Å²) in [5, 5.41) is 10.2. The maximum absolute atomic E-state index is 2.46. The molecule has 0 spiro atoms. The topological polar surface area (TPSA) is 4.93 Å². The summed E-state index contributed by atoms with van der Waals surface area (Å²) in [5.41, 5.74) is 18.6. The highest BCUT2D eigenvalue weighted by molar-refractivity contribution is 6.25. The molecule has 1 aromatic heterocycles. The number of nitrogens with zero attached hydrogens (tertiary/aromatic N) is 1. The zero-order valence-electron chi connectivity index (χ0n) is 35.8. The minimum Gasteiger partial charge on any atom is -0.309 e. The van der Waals surface area contributed by atoms with Crippen molar-refractivity contribution in [2.45, 2.75) is 19.3 Å². The average molecular weight is 814 g/mol. The first-order valence-electron chi connectivity index (χ1n) is 22.4. The van der Waals surface area contributed by atoms with Gasteiger partial charge in [-0.05, 0) is 160 Å². The van der Waals surface area contributed by atoms with E-state index < -0.39 is 0 Å². The third-order valence-corrected chi connectivity index (χ3v) is 14.1. The summed E-state index contributed by atoms with van der Waals surface area (Å²) in [7, 11) is 0. The predicted octanol–water partition coefficient (Wildman–Crippen LogP) is 17.2. The Hall–Kier alpha value is -8.00. The van der Waals surface area contributed by atoms with Crippen molar-refractivity contribution in [2.75, 3.05) is 0 Å². The summed E-state index contributed by atoms with van der Waals surface area (Å²) >= 11 is 0. The first kappa shape index (κ1) is 36.6. The van der Waals surface area contributed by atoms with Crippen molar-refractivity contribution < 1.29 is 0 Å². The molecular formula is C63H43N. The standard InChI is InChI=1S/C63H43N/c1-63(2)59-24-14-13-23-54(59)55-30-26-43(38-60(55)63)46-33-45(42-25-29-53-51-21-10-9-19-49(51)50-20-11-12-22-52(50)57(53)36-42)34-47(35-46)44-27-31-56-58-37-41(40-15-5-3-6-16-40)28-32-61(58)64(62(56)39-44)48-17-7-4-8-18-48/h3-39H,1-2H3. The van der Waals surface area contributed by atoms with E-state index in [9.17, 15) is 0 Å². The highest BCUT2D eigenvalue weighted by Gasteiger charge is 2.35. The zero-order chi connectivity index (χ0) is 42.5. The molecule has 1 heteroatoms. The Morgan fingerprint density at radius 1 is 0.266 bits per heavy atom. The second kappa shape index (κ2) is 14.0. The molecular weight excluding hydrogens is 771 g/mol. The maximum atomic E-state index is 2.46. The number of hydrogen-bond acceptors (Lipinski definition) is 0. The van der Waals surface area contributed by atoms with Crippen molar-refractivity contribution in [1.29, 1.82) is 0 Å². The fourth-order valence-electron chi connectivity index (χ4n) is 11.0. The normalized spacial score (nSPS) is 13.0. The van der Waals surface area contributed by atoms with Crippen LogP contribution in [0.1, 0.15) is 25.0 Å². The van der Waals surface area contributed by atoms with Gasteiger partial charge in [-0.15, -0.1) is 0 Å². The van der Waals surface area contributed by atoms with Crippen LogP contribution >= 0.6 is 0 Å². The summed E-state index contributed by atoms with van der Waals surface area (Å²) in [4.78, 5) is 0. The monoisotopic (exact) mass is 813 g/mol. The highest BCUT2D eigenvalue weighted by atomic mass is 15.0. The van der Waals surface area contributed by atoms with Gasteiger partial charge in [0.1, 0.15) is 0 Å². The van der Waals surface area contributed by atoms with Gasteiger partial charge < -0.3 is 4.57 Å². The number of hydrogen-bond donors (Lipinski definition) is 0. The summed E-state index contributed by atoms with van der Waals surface area (Å²) in [6.45, 7) is 4.74. The predicted molar refractivity (Wildman–Crippen MR) is 273 cm³/mol. The second-order valence-corrected chi connectivity index (χ2v) is 18.1. The molecule has 0 aliphatic heterocycles. The van der Waals surface area contributed by atoms with E-state index in [1.165, 1.54) is 121 Å². The lowest BCUT2D eigenvalue weighted by Crippen LogP contribution is -2.14. The highest BCUT2D eigenvalue weighted by Crippen LogP contribution is 2.50. The van der Waals surface area contributed by atoms with Crippen LogP contribution in [0.3, 0.4) is 0 Å². The van der Waals surface area contributed by atoms with Crippen molar-refractivity contribution in [1.82, 2.24) is 4.57 Å². The Balaban J connectivity index is 1.04.